The lowest BCUT2D eigenvalue weighted by Crippen LogP contribution is -2.30. The molecule has 1 heterocycles. The Bertz CT molecular complexity index is 599. The number of rotatable bonds is 4. The lowest BCUT2D eigenvalue weighted by atomic mass is 10.2. The van der Waals surface area contributed by atoms with Crippen molar-refractivity contribution >= 4 is 10.0 Å². The molecule has 0 unspecified atom stereocenters. The summed E-state index contributed by atoms with van der Waals surface area (Å²) in [6.07, 6.45) is -0.129. The van der Waals surface area contributed by atoms with Crippen LogP contribution in [-0.4, -0.2) is 51.2 Å². The van der Waals surface area contributed by atoms with Gasteiger partial charge < -0.3 is 14.6 Å². The van der Waals surface area contributed by atoms with Gasteiger partial charge in [-0.1, -0.05) is 0 Å². The van der Waals surface area contributed by atoms with Crippen LogP contribution in [-0.2, 0) is 10.0 Å². The number of hydrogen-bond donors (Lipinski definition) is 1. The number of aliphatic hydroxyl groups is 1. The van der Waals surface area contributed by atoms with E-state index in [1.165, 1.54) is 24.6 Å². The monoisotopic (exact) mass is 301 g/mol. The van der Waals surface area contributed by atoms with Crippen molar-refractivity contribution in [3.63, 3.8) is 0 Å². The van der Waals surface area contributed by atoms with E-state index in [2.05, 4.69) is 0 Å². The van der Waals surface area contributed by atoms with Gasteiger partial charge in [-0.2, -0.15) is 4.31 Å². The Hall–Kier alpha value is -1.31. The predicted octanol–water partition coefficient (Wildman–Crippen LogP) is 0.768. The first-order valence-electron chi connectivity index (χ1n) is 6.31. The van der Waals surface area contributed by atoms with Gasteiger partial charge in [0.25, 0.3) is 0 Å². The summed E-state index contributed by atoms with van der Waals surface area (Å²) in [5, 5.41) is 9.51. The van der Waals surface area contributed by atoms with Gasteiger partial charge in [-0.05, 0) is 25.0 Å². The second-order valence-corrected chi connectivity index (χ2v) is 6.68. The van der Waals surface area contributed by atoms with Crippen LogP contribution in [0.5, 0.6) is 11.5 Å². The van der Waals surface area contributed by atoms with E-state index in [9.17, 15) is 13.5 Å². The second-order valence-electron chi connectivity index (χ2n) is 4.78. The lowest BCUT2D eigenvalue weighted by Gasteiger charge is -2.19. The number of aryl methyl sites for hydroxylation is 1. The Morgan fingerprint density at radius 1 is 1.25 bits per heavy atom. The van der Waals surface area contributed by atoms with Gasteiger partial charge in [0.05, 0.1) is 25.2 Å². The smallest absolute Gasteiger partial charge is 0.243 e. The molecule has 1 aromatic carbocycles. The molecule has 1 aromatic rings. The van der Waals surface area contributed by atoms with E-state index in [1.807, 2.05) is 0 Å². The van der Waals surface area contributed by atoms with Gasteiger partial charge in [0.1, 0.15) is 0 Å². The third-order valence-corrected chi connectivity index (χ3v) is 5.43. The molecule has 1 atom stereocenters. The number of aliphatic hydroxyl groups excluding tert-OH is 1. The Kier molecular flexibility index (Phi) is 4.22. The molecular weight excluding hydrogens is 282 g/mol. The summed E-state index contributed by atoms with van der Waals surface area (Å²) in [6, 6.07) is 3.10. The SMILES string of the molecule is COc1cc(C)c(S(=O)(=O)N2CC[C@@H](O)C2)cc1OC. The molecule has 1 aliphatic heterocycles. The van der Waals surface area contributed by atoms with Crippen LogP contribution < -0.4 is 9.47 Å². The number of nitrogens with zero attached hydrogens (tertiary/aromatic N) is 1. The zero-order chi connectivity index (χ0) is 14.9. The van der Waals surface area contributed by atoms with Crippen molar-refractivity contribution in [2.75, 3.05) is 27.3 Å². The van der Waals surface area contributed by atoms with Crippen LogP contribution in [0.15, 0.2) is 17.0 Å². The van der Waals surface area contributed by atoms with Gasteiger partial charge in [-0.15, -0.1) is 0 Å². The normalized spacial score (nSPS) is 20.1. The van der Waals surface area contributed by atoms with E-state index in [1.54, 1.807) is 13.0 Å². The van der Waals surface area contributed by atoms with E-state index < -0.39 is 16.1 Å². The standard InChI is InChI=1S/C13H19NO5S/c1-9-6-11(18-2)12(19-3)7-13(9)20(16,17)14-5-4-10(15)8-14/h6-7,10,15H,4-5,8H2,1-3H3/t10-/m1/s1. The van der Waals surface area contributed by atoms with E-state index in [0.29, 0.717) is 30.0 Å². The Morgan fingerprint density at radius 3 is 2.35 bits per heavy atom. The van der Waals surface area contributed by atoms with E-state index >= 15 is 0 Å². The van der Waals surface area contributed by atoms with Gasteiger partial charge in [0.2, 0.25) is 10.0 Å². The molecule has 112 valence electrons. The molecule has 0 spiro atoms. The first-order chi connectivity index (χ1) is 9.40. The van der Waals surface area contributed by atoms with Crippen molar-refractivity contribution in [1.82, 2.24) is 4.31 Å². The molecule has 0 radical (unpaired) electrons. The third kappa shape index (κ3) is 2.61. The van der Waals surface area contributed by atoms with Crippen LogP contribution in [0.3, 0.4) is 0 Å². The highest BCUT2D eigenvalue weighted by Gasteiger charge is 2.33. The highest BCUT2D eigenvalue weighted by Crippen LogP contribution is 2.34. The molecule has 1 fully saturated rings. The van der Waals surface area contributed by atoms with Crippen molar-refractivity contribution in [3.05, 3.63) is 17.7 Å². The van der Waals surface area contributed by atoms with Crippen molar-refractivity contribution in [3.8, 4) is 11.5 Å². The van der Waals surface area contributed by atoms with Crippen LogP contribution in [0.1, 0.15) is 12.0 Å². The maximum Gasteiger partial charge on any atom is 0.243 e. The summed E-state index contributed by atoms with van der Waals surface area (Å²) >= 11 is 0. The Morgan fingerprint density at radius 2 is 1.85 bits per heavy atom. The zero-order valence-electron chi connectivity index (χ0n) is 11.8. The molecule has 1 N–H and O–H groups in total. The number of sulfonamides is 1. The first-order valence-corrected chi connectivity index (χ1v) is 7.75. The maximum atomic E-state index is 12.6. The fourth-order valence-corrected chi connectivity index (χ4v) is 4.02. The largest absolute Gasteiger partial charge is 0.493 e. The molecule has 7 heteroatoms. The molecule has 20 heavy (non-hydrogen) atoms. The highest BCUT2D eigenvalue weighted by atomic mass is 32.2. The Labute approximate surface area is 119 Å². The predicted molar refractivity (Wildman–Crippen MR) is 73.7 cm³/mol. The zero-order valence-corrected chi connectivity index (χ0v) is 12.6. The third-order valence-electron chi connectivity index (χ3n) is 3.43. The van der Waals surface area contributed by atoms with Gasteiger partial charge in [-0.3, -0.25) is 0 Å². The van der Waals surface area contributed by atoms with E-state index in [4.69, 9.17) is 9.47 Å². The summed E-state index contributed by atoms with van der Waals surface area (Å²) in [4.78, 5) is 0.184. The van der Waals surface area contributed by atoms with Crippen LogP contribution in [0.4, 0.5) is 0 Å². The average Bonchev–Trinajstić information content (AvgIpc) is 2.85. The summed E-state index contributed by atoms with van der Waals surface area (Å²) in [7, 11) is -0.658. The average molecular weight is 301 g/mol. The van der Waals surface area contributed by atoms with Crippen molar-refractivity contribution in [2.45, 2.75) is 24.3 Å². The van der Waals surface area contributed by atoms with Crippen molar-refractivity contribution in [1.29, 1.82) is 0 Å². The fraction of sp³-hybridized carbons (Fsp3) is 0.538. The number of benzene rings is 1. The van der Waals surface area contributed by atoms with Crippen molar-refractivity contribution in [2.24, 2.45) is 0 Å². The fourth-order valence-electron chi connectivity index (χ4n) is 2.31. The molecular formula is C13H19NO5S. The van der Waals surface area contributed by atoms with Gasteiger partial charge in [-0.25, -0.2) is 8.42 Å². The maximum absolute atomic E-state index is 12.6. The first kappa shape index (κ1) is 15.1. The molecule has 0 saturated carbocycles. The number of β-amino-alcohol motifs (C(OH)–C–C–N with tert-alkyl or cyclic N) is 1. The highest BCUT2D eigenvalue weighted by molar-refractivity contribution is 7.89. The topological polar surface area (TPSA) is 76.1 Å². The molecule has 6 nitrogen and oxygen atoms in total. The second kappa shape index (κ2) is 5.59. The number of methoxy groups -OCH3 is 2. The van der Waals surface area contributed by atoms with Crippen LogP contribution in [0.25, 0.3) is 0 Å². The van der Waals surface area contributed by atoms with Crippen LogP contribution in [0.2, 0.25) is 0 Å². The minimum absolute atomic E-state index is 0.135. The van der Waals surface area contributed by atoms with Gasteiger partial charge >= 0.3 is 0 Å². The molecule has 0 aromatic heterocycles. The van der Waals surface area contributed by atoms with Gasteiger partial charge in [0, 0.05) is 19.2 Å². The summed E-state index contributed by atoms with van der Waals surface area (Å²) < 4.78 is 36.8. The molecule has 0 amide bonds. The molecule has 2 rings (SSSR count). The summed E-state index contributed by atoms with van der Waals surface area (Å²) in [5.74, 6) is 0.863. The lowest BCUT2D eigenvalue weighted by molar-refractivity contribution is 0.189. The number of ether oxygens (including phenoxy) is 2. The Balaban J connectivity index is 2.46. The van der Waals surface area contributed by atoms with Crippen molar-refractivity contribution < 1.29 is 23.0 Å². The summed E-state index contributed by atoms with van der Waals surface area (Å²) in [5.41, 5.74) is 0.587. The van der Waals surface area contributed by atoms with E-state index in [0.717, 1.165) is 0 Å². The van der Waals surface area contributed by atoms with Crippen LogP contribution >= 0.6 is 0 Å². The summed E-state index contributed by atoms with van der Waals surface area (Å²) in [6.45, 7) is 2.18. The molecule has 1 aliphatic rings. The minimum Gasteiger partial charge on any atom is -0.493 e. The molecule has 0 aliphatic carbocycles. The number of hydrogen-bond acceptors (Lipinski definition) is 5. The van der Waals surface area contributed by atoms with E-state index in [-0.39, 0.29) is 11.4 Å². The molecule has 0 bridgehead atoms. The quantitative estimate of drug-likeness (QED) is 0.889. The minimum atomic E-state index is -3.62. The van der Waals surface area contributed by atoms with Gasteiger partial charge in [0.15, 0.2) is 11.5 Å². The molecule has 1 saturated heterocycles. The van der Waals surface area contributed by atoms with Crippen LogP contribution in [0, 0.1) is 6.92 Å².